The standard InChI is InChI=1S/C74H135NO8/c1-6-8-10-12-14-16-18-20-22-24-26-27-28-29-30-31-32-33-34-35-36-37-38-39-40-41-42-43-44-45-47-49-51-53-55-57-59-61-63-65-72(77)83-70(69-82-74(73(78)79)80-67-66-75(3,4)5)68-81-71(76)64-62-60-58-56-54-52-50-48-46-25-23-21-19-17-15-13-11-9-7-2/h15,17-18,20-21,23-24,26,28-29,70,74H,6-14,16,19,22,25,27,30-69H2,1-5H3/p+1/b17-15-,20-18-,23-21-,26-24-,29-28-. The van der Waals surface area contributed by atoms with Gasteiger partial charge in [0.25, 0.3) is 6.29 Å². The van der Waals surface area contributed by atoms with Crippen molar-refractivity contribution in [3.63, 3.8) is 0 Å². The lowest BCUT2D eigenvalue weighted by atomic mass is 10.0. The minimum atomic E-state index is -1.51. The van der Waals surface area contributed by atoms with Gasteiger partial charge in [-0.2, -0.15) is 0 Å². The zero-order valence-electron chi connectivity index (χ0n) is 55.4. The number of quaternary nitrogens is 1. The number of likely N-dealkylation sites (N-methyl/N-ethyl adjacent to an activating group) is 1. The highest BCUT2D eigenvalue weighted by Gasteiger charge is 2.25. The molecule has 0 aromatic rings. The van der Waals surface area contributed by atoms with Crippen molar-refractivity contribution in [2.24, 2.45) is 0 Å². The molecule has 0 radical (unpaired) electrons. The second-order valence-electron chi connectivity index (χ2n) is 25.2. The van der Waals surface area contributed by atoms with Crippen molar-refractivity contribution < 1.29 is 42.9 Å². The average Bonchev–Trinajstić information content (AvgIpc) is 3.46. The molecule has 0 aliphatic heterocycles. The minimum Gasteiger partial charge on any atom is -0.477 e. The van der Waals surface area contributed by atoms with Crippen LogP contribution in [0.15, 0.2) is 60.8 Å². The summed E-state index contributed by atoms with van der Waals surface area (Å²) in [7, 11) is 5.98. The van der Waals surface area contributed by atoms with Gasteiger partial charge in [-0.05, 0) is 83.5 Å². The highest BCUT2D eigenvalue weighted by Crippen LogP contribution is 2.18. The highest BCUT2D eigenvalue weighted by molar-refractivity contribution is 5.71. The molecule has 0 bridgehead atoms. The number of ether oxygens (including phenoxy) is 4. The van der Waals surface area contributed by atoms with Gasteiger partial charge in [0.2, 0.25) is 0 Å². The zero-order chi connectivity index (χ0) is 60.5. The summed E-state index contributed by atoms with van der Waals surface area (Å²) in [6.07, 6.45) is 82.0. The molecular formula is C74H136NO8+. The minimum absolute atomic E-state index is 0.182. The molecule has 1 N–H and O–H groups in total. The van der Waals surface area contributed by atoms with Crippen molar-refractivity contribution in [3.8, 4) is 0 Å². The molecule has 0 aromatic heterocycles. The Hall–Kier alpha value is -3.01. The van der Waals surface area contributed by atoms with Gasteiger partial charge in [-0.1, -0.05) is 299 Å². The maximum Gasteiger partial charge on any atom is 0.361 e. The molecule has 0 spiro atoms. The van der Waals surface area contributed by atoms with E-state index in [9.17, 15) is 19.5 Å². The van der Waals surface area contributed by atoms with E-state index in [1.54, 1.807) is 0 Å². The second kappa shape index (κ2) is 65.0. The lowest BCUT2D eigenvalue weighted by Gasteiger charge is -2.25. The van der Waals surface area contributed by atoms with Gasteiger partial charge in [-0.25, -0.2) is 4.79 Å². The summed E-state index contributed by atoms with van der Waals surface area (Å²) in [6.45, 7) is 4.88. The van der Waals surface area contributed by atoms with Gasteiger partial charge >= 0.3 is 17.9 Å². The van der Waals surface area contributed by atoms with Gasteiger partial charge in [0, 0.05) is 12.8 Å². The van der Waals surface area contributed by atoms with Crippen molar-refractivity contribution >= 4 is 17.9 Å². The van der Waals surface area contributed by atoms with Crippen LogP contribution in [0, 0.1) is 0 Å². The monoisotopic (exact) mass is 1170 g/mol. The van der Waals surface area contributed by atoms with Gasteiger partial charge in [-0.3, -0.25) is 9.59 Å². The first-order valence-electron chi connectivity index (χ1n) is 35.5. The molecule has 0 aliphatic carbocycles. The molecule has 0 fully saturated rings. The Morgan fingerprint density at radius 3 is 0.988 bits per heavy atom. The number of hydrogen-bond donors (Lipinski definition) is 1. The van der Waals surface area contributed by atoms with Crippen LogP contribution in [0.1, 0.15) is 335 Å². The Balaban J connectivity index is 3.98. The Kier molecular flexibility index (Phi) is 62.6. The molecule has 9 nitrogen and oxygen atoms in total. The first-order valence-corrected chi connectivity index (χ1v) is 35.5. The number of nitrogens with zero attached hydrogens (tertiary/aromatic N) is 1. The van der Waals surface area contributed by atoms with Crippen molar-refractivity contribution in [2.45, 2.75) is 347 Å². The quantitative estimate of drug-likeness (QED) is 0.0211. The molecular weight excluding hydrogens is 1030 g/mol. The van der Waals surface area contributed by atoms with E-state index in [0.717, 1.165) is 57.8 Å². The third-order valence-electron chi connectivity index (χ3n) is 15.7. The van der Waals surface area contributed by atoms with Gasteiger partial charge in [0.1, 0.15) is 13.2 Å². The van der Waals surface area contributed by atoms with Crippen molar-refractivity contribution in [2.75, 3.05) is 47.5 Å². The fraction of sp³-hybridized carbons (Fsp3) is 0.824. The first-order chi connectivity index (χ1) is 40.6. The largest absolute Gasteiger partial charge is 0.477 e. The number of esters is 2. The molecule has 2 atom stereocenters. The van der Waals surface area contributed by atoms with E-state index in [1.165, 1.54) is 250 Å². The number of carboxylic acid groups (broad SMARTS) is 1. The molecule has 0 heterocycles. The molecule has 0 aliphatic rings. The van der Waals surface area contributed by atoms with Crippen LogP contribution in [0.5, 0.6) is 0 Å². The zero-order valence-corrected chi connectivity index (χ0v) is 55.4. The molecule has 0 aromatic carbocycles. The Labute approximate surface area is 514 Å². The van der Waals surface area contributed by atoms with Crippen LogP contribution in [0.3, 0.4) is 0 Å². The number of unbranched alkanes of at least 4 members (excludes halogenated alkanes) is 41. The van der Waals surface area contributed by atoms with E-state index in [2.05, 4.69) is 74.6 Å². The smallest absolute Gasteiger partial charge is 0.361 e. The highest BCUT2D eigenvalue weighted by atomic mass is 16.7. The van der Waals surface area contributed by atoms with Gasteiger partial charge in [0.05, 0.1) is 34.4 Å². The van der Waals surface area contributed by atoms with Crippen molar-refractivity contribution in [1.29, 1.82) is 0 Å². The van der Waals surface area contributed by atoms with E-state index in [-0.39, 0.29) is 38.2 Å². The normalized spacial score (nSPS) is 13.0. The Morgan fingerprint density at radius 2 is 0.651 bits per heavy atom. The van der Waals surface area contributed by atoms with Crippen LogP contribution in [-0.4, -0.2) is 87.4 Å². The van der Waals surface area contributed by atoms with E-state index >= 15 is 0 Å². The fourth-order valence-electron chi connectivity index (χ4n) is 10.3. The first kappa shape index (κ1) is 80.0. The maximum absolute atomic E-state index is 12.9. The molecule has 0 saturated carbocycles. The number of carboxylic acids is 1. The predicted molar refractivity (Wildman–Crippen MR) is 355 cm³/mol. The number of carbonyl (C=O) groups excluding carboxylic acids is 2. The van der Waals surface area contributed by atoms with Gasteiger partial charge in [0.15, 0.2) is 6.10 Å². The van der Waals surface area contributed by atoms with E-state index in [1.807, 2.05) is 21.1 Å². The van der Waals surface area contributed by atoms with Crippen LogP contribution in [0.2, 0.25) is 0 Å². The molecule has 83 heavy (non-hydrogen) atoms. The summed E-state index contributed by atoms with van der Waals surface area (Å²) in [5.41, 5.74) is 0. The molecule has 484 valence electrons. The summed E-state index contributed by atoms with van der Waals surface area (Å²) in [5, 5.41) is 9.73. The fourth-order valence-corrected chi connectivity index (χ4v) is 10.3. The molecule has 0 rings (SSSR count). The third kappa shape index (κ3) is 66.4. The Bertz CT molecular complexity index is 1550. The van der Waals surface area contributed by atoms with E-state index < -0.39 is 18.4 Å². The van der Waals surface area contributed by atoms with Crippen LogP contribution < -0.4 is 0 Å². The molecule has 2 unspecified atom stereocenters. The number of carbonyl (C=O) groups is 3. The lowest BCUT2D eigenvalue weighted by molar-refractivity contribution is -0.870. The van der Waals surface area contributed by atoms with E-state index in [0.29, 0.717) is 17.4 Å². The average molecular weight is 1170 g/mol. The van der Waals surface area contributed by atoms with Crippen LogP contribution in [0.4, 0.5) is 0 Å². The third-order valence-corrected chi connectivity index (χ3v) is 15.7. The number of hydrogen-bond acceptors (Lipinski definition) is 7. The topological polar surface area (TPSA) is 108 Å². The predicted octanol–water partition coefficient (Wildman–Crippen LogP) is 21.9. The van der Waals surface area contributed by atoms with Crippen LogP contribution in [0.25, 0.3) is 0 Å². The maximum atomic E-state index is 12.9. The molecule has 9 heteroatoms. The van der Waals surface area contributed by atoms with Gasteiger partial charge < -0.3 is 28.5 Å². The molecule has 0 amide bonds. The SMILES string of the molecule is CCCCC/C=C\C/C=C\CCCCCCCCCCCC(=O)OCC(COC(OCC[N+](C)(C)C)C(=O)O)OC(=O)CCCCCCCCCCCCCCCCCCCCCCCCCC/C=C\C/C=C\C/C=C\CCCCCCC. The number of aliphatic carboxylic acids is 1. The second-order valence-corrected chi connectivity index (χ2v) is 25.2. The van der Waals surface area contributed by atoms with Crippen LogP contribution >= 0.6 is 0 Å². The summed E-state index contributed by atoms with van der Waals surface area (Å²) in [6, 6.07) is 0. The van der Waals surface area contributed by atoms with E-state index in [4.69, 9.17) is 18.9 Å². The number of allylic oxidation sites excluding steroid dienone is 10. The Morgan fingerprint density at radius 1 is 0.361 bits per heavy atom. The summed E-state index contributed by atoms with van der Waals surface area (Å²) in [4.78, 5) is 37.6. The number of rotatable bonds is 66. The van der Waals surface area contributed by atoms with Crippen LogP contribution in [-0.2, 0) is 33.3 Å². The summed E-state index contributed by atoms with van der Waals surface area (Å²) in [5.74, 6) is -1.99. The summed E-state index contributed by atoms with van der Waals surface area (Å²) < 4.78 is 23.0. The van der Waals surface area contributed by atoms with Gasteiger partial charge in [-0.15, -0.1) is 0 Å². The molecule has 0 saturated heterocycles. The van der Waals surface area contributed by atoms with Crippen molar-refractivity contribution in [1.82, 2.24) is 0 Å². The summed E-state index contributed by atoms with van der Waals surface area (Å²) >= 11 is 0. The lowest BCUT2D eigenvalue weighted by Crippen LogP contribution is -2.40. The van der Waals surface area contributed by atoms with Crippen molar-refractivity contribution in [3.05, 3.63) is 60.8 Å².